The van der Waals surface area contributed by atoms with E-state index in [1.54, 1.807) is 0 Å². The SMILES string of the molecule is O=C(NCCCC1CCCCC1)[C@H]1C[C@H]1C(=O)c1cnc[nH]1. The third-order valence-electron chi connectivity index (χ3n) is 5.04. The van der Waals surface area contributed by atoms with Crippen LogP contribution in [0.3, 0.4) is 0 Å². The molecule has 120 valence electrons. The number of ketones is 1. The molecule has 22 heavy (non-hydrogen) atoms. The van der Waals surface area contributed by atoms with Gasteiger partial charge in [0.05, 0.1) is 12.5 Å². The predicted molar refractivity (Wildman–Crippen MR) is 83.3 cm³/mol. The van der Waals surface area contributed by atoms with Gasteiger partial charge in [0.2, 0.25) is 5.91 Å². The molecule has 5 heteroatoms. The lowest BCUT2D eigenvalue weighted by atomic mass is 9.86. The molecule has 1 aromatic heterocycles. The molecule has 1 amide bonds. The van der Waals surface area contributed by atoms with Crippen LogP contribution in [0.15, 0.2) is 12.5 Å². The van der Waals surface area contributed by atoms with E-state index in [2.05, 4.69) is 15.3 Å². The number of hydrogen-bond acceptors (Lipinski definition) is 3. The Kier molecular flexibility index (Phi) is 4.90. The maximum atomic E-state index is 12.1. The highest BCUT2D eigenvalue weighted by Crippen LogP contribution is 2.40. The van der Waals surface area contributed by atoms with E-state index in [1.165, 1.54) is 51.0 Å². The first-order chi connectivity index (χ1) is 10.8. The molecular formula is C17H25N3O2. The number of amides is 1. The molecule has 2 aliphatic rings. The van der Waals surface area contributed by atoms with E-state index in [9.17, 15) is 9.59 Å². The van der Waals surface area contributed by atoms with E-state index < -0.39 is 0 Å². The molecule has 3 rings (SSSR count). The molecule has 0 aromatic carbocycles. The standard InChI is InChI=1S/C17H25N3O2/c21-16(15-10-18-11-20-15)13-9-14(13)17(22)19-8-4-7-12-5-2-1-3-6-12/h10-14H,1-9H2,(H,18,20)(H,19,22)/t13-,14+/m1/s1. The van der Waals surface area contributed by atoms with E-state index in [1.807, 2.05) is 0 Å². The van der Waals surface area contributed by atoms with Crippen LogP contribution in [0.2, 0.25) is 0 Å². The summed E-state index contributed by atoms with van der Waals surface area (Å²) in [6, 6.07) is 0. The third kappa shape index (κ3) is 3.76. The molecule has 2 N–H and O–H groups in total. The molecule has 0 unspecified atom stereocenters. The van der Waals surface area contributed by atoms with Crippen LogP contribution >= 0.6 is 0 Å². The summed E-state index contributed by atoms with van der Waals surface area (Å²) in [4.78, 5) is 30.8. The van der Waals surface area contributed by atoms with Gasteiger partial charge in [-0.05, 0) is 25.2 Å². The van der Waals surface area contributed by atoms with Crippen molar-refractivity contribution in [1.82, 2.24) is 15.3 Å². The Balaban J connectivity index is 1.32. The molecule has 0 radical (unpaired) electrons. The fourth-order valence-electron chi connectivity index (χ4n) is 3.57. The fourth-order valence-corrected chi connectivity index (χ4v) is 3.57. The summed E-state index contributed by atoms with van der Waals surface area (Å²) >= 11 is 0. The van der Waals surface area contributed by atoms with Gasteiger partial charge in [0.1, 0.15) is 5.69 Å². The zero-order valence-electron chi connectivity index (χ0n) is 13.0. The van der Waals surface area contributed by atoms with Crippen LogP contribution in [-0.2, 0) is 4.79 Å². The number of hydrogen-bond donors (Lipinski definition) is 2. The fraction of sp³-hybridized carbons (Fsp3) is 0.706. The van der Waals surface area contributed by atoms with Crippen molar-refractivity contribution in [3.8, 4) is 0 Å². The Labute approximate surface area is 131 Å². The third-order valence-corrected chi connectivity index (χ3v) is 5.04. The second-order valence-corrected chi connectivity index (χ2v) is 6.72. The molecule has 1 aromatic rings. The molecule has 2 aliphatic carbocycles. The normalized spacial score (nSPS) is 24.9. The summed E-state index contributed by atoms with van der Waals surface area (Å²) in [7, 11) is 0. The highest BCUT2D eigenvalue weighted by atomic mass is 16.2. The molecule has 5 nitrogen and oxygen atoms in total. The largest absolute Gasteiger partial charge is 0.356 e. The van der Waals surface area contributed by atoms with Crippen molar-refractivity contribution in [2.75, 3.05) is 6.54 Å². The molecule has 2 fully saturated rings. The van der Waals surface area contributed by atoms with Crippen LogP contribution in [0.5, 0.6) is 0 Å². The van der Waals surface area contributed by atoms with Gasteiger partial charge >= 0.3 is 0 Å². The monoisotopic (exact) mass is 303 g/mol. The first-order valence-corrected chi connectivity index (χ1v) is 8.56. The lowest BCUT2D eigenvalue weighted by molar-refractivity contribution is -0.122. The molecule has 0 aliphatic heterocycles. The maximum absolute atomic E-state index is 12.1. The topological polar surface area (TPSA) is 74.8 Å². The lowest BCUT2D eigenvalue weighted by Gasteiger charge is -2.21. The van der Waals surface area contributed by atoms with Gasteiger partial charge in [-0.3, -0.25) is 9.59 Å². The lowest BCUT2D eigenvalue weighted by Crippen LogP contribution is -2.27. The summed E-state index contributed by atoms with van der Waals surface area (Å²) in [5.74, 6) is 0.631. The molecule has 2 saturated carbocycles. The van der Waals surface area contributed by atoms with Crippen LogP contribution in [0.25, 0.3) is 0 Å². The van der Waals surface area contributed by atoms with Gasteiger partial charge in [-0.25, -0.2) is 4.98 Å². The molecule has 2 atom stereocenters. The van der Waals surface area contributed by atoms with Gasteiger partial charge < -0.3 is 10.3 Å². The minimum absolute atomic E-state index is 0.0138. The van der Waals surface area contributed by atoms with Crippen molar-refractivity contribution < 1.29 is 9.59 Å². The van der Waals surface area contributed by atoms with Crippen molar-refractivity contribution in [2.45, 2.75) is 51.4 Å². The average Bonchev–Trinajstić information content (AvgIpc) is 3.16. The molecule has 0 saturated heterocycles. The maximum Gasteiger partial charge on any atom is 0.223 e. The zero-order chi connectivity index (χ0) is 15.4. The van der Waals surface area contributed by atoms with Gasteiger partial charge in [0.15, 0.2) is 5.78 Å². The first-order valence-electron chi connectivity index (χ1n) is 8.56. The highest BCUT2D eigenvalue weighted by molar-refractivity contribution is 6.02. The first kappa shape index (κ1) is 15.3. The average molecular weight is 303 g/mol. The van der Waals surface area contributed by atoms with Crippen molar-refractivity contribution in [3.63, 3.8) is 0 Å². The van der Waals surface area contributed by atoms with Crippen LogP contribution in [0, 0.1) is 17.8 Å². The number of aromatic amines is 1. The number of nitrogens with zero attached hydrogens (tertiary/aromatic N) is 1. The second-order valence-electron chi connectivity index (χ2n) is 6.72. The van der Waals surface area contributed by atoms with Gasteiger partial charge in [0, 0.05) is 18.4 Å². The number of aromatic nitrogens is 2. The molecular weight excluding hydrogens is 278 g/mol. The Morgan fingerprint density at radius 2 is 2.05 bits per heavy atom. The number of H-pyrrole nitrogens is 1. The van der Waals surface area contributed by atoms with E-state index in [4.69, 9.17) is 0 Å². The summed E-state index contributed by atoms with van der Waals surface area (Å²) in [5.41, 5.74) is 0.512. The number of Topliss-reactive ketones (excluding diaryl/α,β-unsaturated/α-hetero) is 1. The Hall–Kier alpha value is -1.65. The van der Waals surface area contributed by atoms with Crippen molar-refractivity contribution >= 4 is 11.7 Å². The minimum Gasteiger partial charge on any atom is -0.356 e. The van der Waals surface area contributed by atoms with Gasteiger partial charge in [-0.15, -0.1) is 0 Å². The Bertz CT molecular complexity index is 506. The molecule has 0 bridgehead atoms. The van der Waals surface area contributed by atoms with Gasteiger partial charge in [-0.2, -0.15) is 0 Å². The van der Waals surface area contributed by atoms with Crippen molar-refractivity contribution in [1.29, 1.82) is 0 Å². The van der Waals surface area contributed by atoms with E-state index >= 15 is 0 Å². The van der Waals surface area contributed by atoms with E-state index in [0.29, 0.717) is 12.1 Å². The Morgan fingerprint density at radius 3 is 2.77 bits per heavy atom. The summed E-state index contributed by atoms with van der Waals surface area (Å²) in [6.45, 7) is 0.747. The predicted octanol–water partition coefficient (Wildman–Crippen LogP) is 2.71. The molecule has 1 heterocycles. The summed E-state index contributed by atoms with van der Waals surface area (Å²) < 4.78 is 0. The summed E-state index contributed by atoms with van der Waals surface area (Å²) in [5, 5.41) is 3.00. The van der Waals surface area contributed by atoms with E-state index in [-0.39, 0.29) is 23.5 Å². The van der Waals surface area contributed by atoms with E-state index in [0.717, 1.165) is 18.9 Å². The zero-order valence-corrected chi connectivity index (χ0v) is 13.0. The number of carbonyl (C=O) groups excluding carboxylic acids is 2. The second kappa shape index (κ2) is 7.07. The molecule has 0 spiro atoms. The van der Waals surface area contributed by atoms with Crippen LogP contribution in [0.1, 0.15) is 61.9 Å². The smallest absolute Gasteiger partial charge is 0.223 e. The summed E-state index contributed by atoms with van der Waals surface area (Å²) in [6.07, 6.45) is 12.8. The van der Waals surface area contributed by atoms with Crippen molar-refractivity contribution in [2.24, 2.45) is 17.8 Å². The van der Waals surface area contributed by atoms with Gasteiger partial charge in [0.25, 0.3) is 0 Å². The van der Waals surface area contributed by atoms with Crippen LogP contribution < -0.4 is 5.32 Å². The Morgan fingerprint density at radius 1 is 1.23 bits per heavy atom. The number of imidazole rings is 1. The van der Waals surface area contributed by atoms with Gasteiger partial charge in [-0.1, -0.05) is 32.1 Å². The van der Waals surface area contributed by atoms with Crippen molar-refractivity contribution in [3.05, 3.63) is 18.2 Å². The van der Waals surface area contributed by atoms with Crippen LogP contribution in [-0.4, -0.2) is 28.2 Å². The van der Waals surface area contributed by atoms with Crippen LogP contribution in [0.4, 0.5) is 0 Å². The minimum atomic E-state index is -0.154. The highest BCUT2D eigenvalue weighted by Gasteiger charge is 2.48. The number of carbonyl (C=O) groups is 2. The quantitative estimate of drug-likeness (QED) is 0.601. The number of nitrogens with one attached hydrogen (secondary N) is 2. The number of rotatable bonds is 7.